The third-order valence-corrected chi connectivity index (χ3v) is 8.75. The molecule has 22 heavy (non-hydrogen) atoms. The third-order valence-electron chi connectivity index (χ3n) is 4.01. The molecule has 0 aliphatic heterocycles. The van der Waals surface area contributed by atoms with Crippen LogP contribution in [0.15, 0.2) is 18.2 Å². The molecule has 0 N–H and O–H groups in total. The van der Waals surface area contributed by atoms with Gasteiger partial charge in [0.25, 0.3) is 5.24 Å². The molecule has 1 rings (SSSR count). The lowest BCUT2D eigenvalue weighted by molar-refractivity contribution is 0.107. The lowest BCUT2D eigenvalue weighted by atomic mass is 10.2. The van der Waals surface area contributed by atoms with E-state index in [2.05, 4.69) is 33.9 Å². The molecule has 0 amide bonds. The predicted octanol–water partition coefficient (Wildman–Crippen LogP) is 4.47. The Morgan fingerprint density at radius 1 is 1.23 bits per heavy atom. The standard InChI is InChI=1S/C16H25ClO4Si/c1-16(2,3)22(5,6)21-10-9-20-12-7-8-13(15(17)18)14(11-12)19-4/h7-8,11H,9-10H2,1-6H3. The zero-order chi connectivity index (χ0) is 17.0. The number of halogens is 1. The average Bonchev–Trinajstić information content (AvgIpc) is 2.41. The predicted molar refractivity (Wildman–Crippen MR) is 91.8 cm³/mol. The zero-order valence-electron chi connectivity index (χ0n) is 14.2. The largest absolute Gasteiger partial charge is 0.496 e. The fourth-order valence-electron chi connectivity index (χ4n) is 1.60. The molecular weight excluding hydrogens is 320 g/mol. The first kappa shape index (κ1) is 19.0. The van der Waals surface area contributed by atoms with E-state index in [1.54, 1.807) is 18.2 Å². The lowest BCUT2D eigenvalue weighted by Crippen LogP contribution is -2.41. The van der Waals surface area contributed by atoms with E-state index in [1.165, 1.54) is 7.11 Å². The van der Waals surface area contributed by atoms with Gasteiger partial charge in [0.15, 0.2) is 8.32 Å². The number of hydrogen-bond acceptors (Lipinski definition) is 4. The van der Waals surface area contributed by atoms with Gasteiger partial charge in [0, 0.05) is 6.07 Å². The molecular formula is C16H25ClO4Si. The van der Waals surface area contributed by atoms with E-state index in [1.807, 2.05) is 0 Å². The Balaban J connectivity index is 2.58. The highest BCUT2D eigenvalue weighted by Crippen LogP contribution is 2.36. The van der Waals surface area contributed by atoms with Crippen molar-refractivity contribution >= 4 is 25.2 Å². The van der Waals surface area contributed by atoms with Gasteiger partial charge in [0.2, 0.25) is 0 Å². The quantitative estimate of drug-likeness (QED) is 0.415. The minimum Gasteiger partial charge on any atom is -0.496 e. The van der Waals surface area contributed by atoms with Crippen LogP contribution in [0.3, 0.4) is 0 Å². The van der Waals surface area contributed by atoms with Crippen molar-refractivity contribution in [3.8, 4) is 11.5 Å². The van der Waals surface area contributed by atoms with Gasteiger partial charge < -0.3 is 13.9 Å². The second-order valence-electron chi connectivity index (χ2n) is 6.59. The van der Waals surface area contributed by atoms with E-state index in [-0.39, 0.29) is 5.04 Å². The van der Waals surface area contributed by atoms with E-state index < -0.39 is 13.6 Å². The van der Waals surface area contributed by atoms with E-state index >= 15 is 0 Å². The third kappa shape index (κ3) is 5.00. The molecule has 6 heteroatoms. The highest BCUT2D eigenvalue weighted by molar-refractivity contribution is 6.74. The SMILES string of the molecule is COc1cc(OCCO[Si](C)(C)C(C)(C)C)ccc1C(=O)Cl. The second kappa shape index (κ2) is 7.48. The van der Waals surface area contributed by atoms with Crippen molar-refractivity contribution in [1.82, 2.24) is 0 Å². The summed E-state index contributed by atoms with van der Waals surface area (Å²) in [5.41, 5.74) is 0.328. The first-order valence-electron chi connectivity index (χ1n) is 7.23. The maximum absolute atomic E-state index is 11.2. The van der Waals surface area contributed by atoms with E-state index in [4.69, 9.17) is 25.5 Å². The molecule has 0 aromatic heterocycles. The molecule has 0 saturated heterocycles. The second-order valence-corrected chi connectivity index (χ2v) is 11.7. The van der Waals surface area contributed by atoms with Crippen LogP contribution in [0.1, 0.15) is 31.1 Å². The number of hydrogen-bond donors (Lipinski definition) is 0. The van der Waals surface area contributed by atoms with Crippen molar-refractivity contribution in [2.45, 2.75) is 38.9 Å². The van der Waals surface area contributed by atoms with Gasteiger partial charge in [-0.25, -0.2) is 0 Å². The van der Waals surface area contributed by atoms with Crippen LogP contribution < -0.4 is 9.47 Å². The van der Waals surface area contributed by atoms with Crippen LogP contribution in [0.4, 0.5) is 0 Å². The monoisotopic (exact) mass is 344 g/mol. The molecule has 0 atom stereocenters. The lowest BCUT2D eigenvalue weighted by Gasteiger charge is -2.36. The molecule has 124 valence electrons. The fraction of sp³-hybridized carbons (Fsp3) is 0.562. The highest BCUT2D eigenvalue weighted by atomic mass is 35.5. The first-order chi connectivity index (χ1) is 10.1. The minimum atomic E-state index is -1.75. The summed E-state index contributed by atoms with van der Waals surface area (Å²) in [5.74, 6) is 1.03. The summed E-state index contributed by atoms with van der Waals surface area (Å²) in [6.07, 6.45) is 0. The molecule has 0 fully saturated rings. The zero-order valence-corrected chi connectivity index (χ0v) is 15.9. The molecule has 0 heterocycles. The van der Waals surface area contributed by atoms with Gasteiger partial charge in [-0.05, 0) is 41.9 Å². The topological polar surface area (TPSA) is 44.8 Å². The minimum absolute atomic E-state index is 0.179. The summed E-state index contributed by atoms with van der Waals surface area (Å²) in [5, 5.41) is -0.372. The molecule has 1 aromatic carbocycles. The van der Waals surface area contributed by atoms with Crippen LogP contribution >= 0.6 is 11.6 Å². The van der Waals surface area contributed by atoms with Crippen LogP contribution in [0.25, 0.3) is 0 Å². The van der Waals surface area contributed by atoms with Crippen molar-refractivity contribution < 1.29 is 18.7 Å². The van der Waals surface area contributed by atoms with E-state index in [9.17, 15) is 4.79 Å². The molecule has 0 aliphatic carbocycles. The molecule has 0 spiro atoms. The summed E-state index contributed by atoms with van der Waals surface area (Å²) < 4.78 is 16.8. The van der Waals surface area contributed by atoms with Gasteiger partial charge in [0.05, 0.1) is 19.3 Å². The van der Waals surface area contributed by atoms with Crippen molar-refractivity contribution in [3.63, 3.8) is 0 Å². The summed E-state index contributed by atoms with van der Waals surface area (Å²) in [4.78, 5) is 11.2. The van der Waals surface area contributed by atoms with Crippen molar-refractivity contribution in [2.24, 2.45) is 0 Å². The summed E-state index contributed by atoms with van der Waals surface area (Å²) in [6, 6.07) is 4.95. The Labute approximate surface area is 138 Å². The van der Waals surface area contributed by atoms with Crippen LogP contribution in [-0.4, -0.2) is 33.9 Å². The van der Waals surface area contributed by atoms with Gasteiger partial charge in [-0.15, -0.1) is 0 Å². The molecule has 0 radical (unpaired) electrons. The number of rotatable bonds is 7. The van der Waals surface area contributed by atoms with Crippen LogP contribution in [-0.2, 0) is 4.43 Å². The van der Waals surface area contributed by atoms with Crippen LogP contribution in [0.5, 0.6) is 11.5 Å². The van der Waals surface area contributed by atoms with Gasteiger partial charge in [-0.3, -0.25) is 4.79 Å². The maximum Gasteiger partial charge on any atom is 0.256 e. The Kier molecular flexibility index (Phi) is 6.46. The fourth-order valence-corrected chi connectivity index (χ4v) is 2.78. The number of carbonyl (C=O) groups excluding carboxylic acids is 1. The van der Waals surface area contributed by atoms with Gasteiger partial charge in [-0.2, -0.15) is 0 Å². The number of methoxy groups -OCH3 is 1. The molecule has 1 aromatic rings. The molecule has 0 aliphatic rings. The Bertz CT molecular complexity index is 523. The first-order valence-corrected chi connectivity index (χ1v) is 10.5. The van der Waals surface area contributed by atoms with Gasteiger partial charge in [0.1, 0.15) is 18.1 Å². The average molecular weight is 345 g/mol. The summed E-state index contributed by atoms with van der Waals surface area (Å²) >= 11 is 5.48. The van der Waals surface area contributed by atoms with E-state index in [0.29, 0.717) is 30.3 Å². The van der Waals surface area contributed by atoms with Crippen molar-refractivity contribution in [3.05, 3.63) is 23.8 Å². The molecule has 0 unspecified atom stereocenters. The maximum atomic E-state index is 11.2. The van der Waals surface area contributed by atoms with Crippen molar-refractivity contribution in [2.75, 3.05) is 20.3 Å². The summed E-state index contributed by atoms with van der Waals surface area (Å²) in [6.45, 7) is 12.0. The molecule has 0 bridgehead atoms. The smallest absolute Gasteiger partial charge is 0.256 e. The molecule has 0 saturated carbocycles. The van der Waals surface area contributed by atoms with E-state index in [0.717, 1.165) is 0 Å². The number of ether oxygens (including phenoxy) is 2. The van der Waals surface area contributed by atoms with Crippen LogP contribution in [0.2, 0.25) is 18.1 Å². The Hall–Kier alpha value is -1.04. The Morgan fingerprint density at radius 2 is 1.86 bits per heavy atom. The van der Waals surface area contributed by atoms with Crippen LogP contribution in [0, 0.1) is 0 Å². The highest BCUT2D eigenvalue weighted by Gasteiger charge is 2.36. The van der Waals surface area contributed by atoms with Gasteiger partial charge >= 0.3 is 0 Å². The van der Waals surface area contributed by atoms with Gasteiger partial charge in [-0.1, -0.05) is 20.8 Å². The molecule has 4 nitrogen and oxygen atoms in total. The van der Waals surface area contributed by atoms with Crippen molar-refractivity contribution in [1.29, 1.82) is 0 Å². The summed E-state index contributed by atoms with van der Waals surface area (Å²) in [7, 11) is -0.262. The normalized spacial score (nSPS) is 12.1. The Morgan fingerprint density at radius 3 is 2.36 bits per heavy atom. The number of benzene rings is 1. The number of carbonyl (C=O) groups is 1.